The van der Waals surface area contributed by atoms with E-state index in [-0.39, 0.29) is 11.4 Å². The second-order valence-corrected chi connectivity index (χ2v) is 5.42. The Morgan fingerprint density at radius 3 is 2.16 bits per heavy atom. The Morgan fingerprint density at radius 1 is 1.11 bits per heavy atom. The highest BCUT2D eigenvalue weighted by Gasteiger charge is 2.06. The highest BCUT2D eigenvalue weighted by atomic mass is 127. The quantitative estimate of drug-likeness (QED) is 0.514. The van der Waals surface area contributed by atoms with E-state index in [9.17, 15) is 13.6 Å². The van der Waals surface area contributed by atoms with Crippen LogP contribution >= 0.6 is 38.5 Å². The Kier molecular flexibility index (Phi) is 6.36. The molecule has 2 rings (SSSR count). The average Bonchev–Trinajstić information content (AvgIpc) is 2.35. The number of benzene rings is 2. The fourth-order valence-corrected chi connectivity index (χ4v) is 1.77. The molecule has 0 unspecified atom stereocenters. The molecule has 19 heavy (non-hydrogen) atoms. The van der Waals surface area contributed by atoms with Crippen LogP contribution in [-0.2, 0) is 0 Å². The van der Waals surface area contributed by atoms with Crippen LogP contribution in [0.1, 0.15) is 10.4 Å². The van der Waals surface area contributed by atoms with Crippen molar-refractivity contribution < 1.29 is 18.7 Å². The van der Waals surface area contributed by atoms with Crippen LogP contribution < -0.4 is 0 Å². The molecular weight excluding hydrogens is 433 g/mol. The molecule has 0 aliphatic carbocycles. The van der Waals surface area contributed by atoms with Crippen molar-refractivity contribution >= 4 is 44.5 Å². The molecule has 2 nitrogen and oxygen atoms in total. The van der Waals surface area contributed by atoms with Crippen molar-refractivity contribution in [1.29, 1.82) is 0 Å². The standard InChI is InChI=1S/C7H5FO2.C6H3BrFI/c8-6-4-2-1-3-5(6)7(9)10;7-4-1-2-6(9)5(8)3-4/h1-4H,(H,9,10);1-3H. The Morgan fingerprint density at radius 2 is 1.74 bits per heavy atom. The molecule has 100 valence electrons. The number of rotatable bonds is 1. The number of carboxylic acids is 1. The maximum Gasteiger partial charge on any atom is 0.338 e. The lowest BCUT2D eigenvalue weighted by atomic mass is 10.2. The summed E-state index contributed by atoms with van der Waals surface area (Å²) in [4.78, 5) is 10.2. The zero-order valence-corrected chi connectivity index (χ0v) is 13.2. The summed E-state index contributed by atoms with van der Waals surface area (Å²) >= 11 is 5.10. The van der Waals surface area contributed by atoms with Gasteiger partial charge in [-0.05, 0) is 52.9 Å². The van der Waals surface area contributed by atoms with Gasteiger partial charge in [0.05, 0.1) is 5.56 Å². The van der Waals surface area contributed by atoms with Crippen molar-refractivity contribution in [1.82, 2.24) is 0 Å². The number of carboxylic acid groups (broad SMARTS) is 1. The van der Waals surface area contributed by atoms with Crippen molar-refractivity contribution in [3.8, 4) is 0 Å². The van der Waals surface area contributed by atoms with Crippen LogP contribution in [0.25, 0.3) is 0 Å². The molecule has 0 atom stereocenters. The normalized spacial score (nSPS) is 9.47. The second kappa shape index (κ2) is 7.54. The fourth-order valence-electron chi connectivity index (χ4n) is 1.11. The van der Waals surface area contributed by atoms with E-state index in [0.29, 0.717) is 3.57 Å². The number of hydrogen-bond acceptors (Lipinski definition) is 1. The van der Waals surface area contributed by atoms with Crippen molar-refractivity contribution in [2.45, 2.75) is 0 Å². The van der Waals surface area contributed by atoms with E-state index in [1.807, 2.05) is 28.7 Å². The van der Waals surface area contributed by atoms with Gasteiger partial charge in [-0.1, -0.05) is 28.1 Å². The minimum Gasteiger partial charge on any atom is -0.478 e. The van der Waals surface area contributed by atoms with Gasteiger partial charge in [0.25, 0.3) is 0 Å². The average molecular weight is 441 g/mol. The zero-order chi connectivity index (χ0) is 14.4. The number of hydrogen-bond donors (Lipinski definition) is 1. The molecule has 0 heterocycles. The predicted molar refractivity (Wildman–Crippen MR) is 80.2 cm³/mol. The summed E-state index contributed by atoms with van der Waals surface area (Å²) in [6.07, 6.45) is 0. The van der Waals surface area contributed by atoms with E-state index in [4.69, 9.17) is 5.11 Å². The molecule has 0 fully saturated rings. The summed E-state index contributed by atoms with van der Waals surface area (Å²) in [5.41, 5.74) is -0.289. The third kappa shape index (κ3) is 5.23. The van der Waals surface area contributed by atoms with E-state index in [1.165, 1.54) is 24.3 Å². The van der Waals surface area contributed by atoms with E-state index in [2.05, 4.69) is 15.9 Å². The highest BCUT2D eigenvalue weighted by Crippen LogP contribution is 2.16. The Bertz CT molecular complexity index is 591. The van der Waals surface area contributed by atoms with E-state index in [1.54, 1.807) is 6.07 Å². The molecule has 0 bridgehead atoms. The molecule has 0 saturated heterocycles. The number of aromatic carboxylic acids is 1. The Labute approximate surface area is 130 Å². The van der Waals surface area contributed by atoms with Gasteiger partial charge in [0.15, 0.2) is 0 Å². The number of halogens is 4. The monoisotopic (exact) mass is 440 g/mol. The summed E-state index contributed by atoms with van der Waals surface area (Å²) in [5, 5.41) is 8.33. The lowest BCUT2D eigenvalue weighted by Crippen LogP contribution is -1.98. The summed E-state index contributed by atoms with van der Waals surface area (Å²) < 4.78 is 26.4. The molecule has 0 saturated carbocycles. The molecule has 2 aromatic rings. The van der Waals surface area contributed by atoms with Crippen LogP contribution in [0.3, 0.4) is 0 Å². The summed E-state index contributed by atoms with van der Waals surface area (Å²) in [6, 6.07) is 10.2. The first-order chi connectivity index (χ1) is 8.91. The predicted octanol–water partition coefficient (Wildman–Crippen LogP) is 4.72. The fraction of sp³-hybridized carbons (Fsp3) is 0. The van der Waals surface area contributed by atoms with Gasteiger partial charge in [0.2, 0.25) is 0 Å². The van der Waals surface area contributed by atoms with Gasteiger partial charge >= 0.3 is 5.97 Å². The van der Waals surface area contributed by atoms with Crippen LogP contribution in [-0.4, -0.2) is 11.1 Å². The lowest BCUT2D eigenvalue weighted by Gasteiger charge is -1.92. The molecule has 0 spiro atoms. The molecule has 2 aromatic carbocycles. The summed E-state index contributed by atoms with van der Waals surface area (Å²) in [7, 11) is 0. The Balaban J connectivity index is 0.000000191. The molecule has 0 amide bonds. The first-order valence-electron chi connectivity index (χ1n) is 5.00. The van der Waals surface area contributed by atoms with Crippen LogP contribution in [0.4, 0.5) is 8.78 Å². The van der Waals surface area contributed by atoms with Gasteiger partial charge in [0, 0.05) is 8.04 Å². The van der Waals surface area contributed by atoms with E-state index >= 15 is 0 Å². The molecule has 0 aliphatic heterocycles. The van der Waals surface area contributed by atoms with Crippen molar-refractivity contribution in [2.24, 2.45) is 0 Å². The highest BCUT2D eigenvalue weighted by molar-refractivity contribution is 14.1. The number of carbonyl (C=O) groups is 1. The summed E-state index contributed by atoms with van der Waals surface area (Å²) in [5.74, 6) is -2.11. The van der Waals surface area contributed by atoms with Crippen LogP contribution in [0.5, 0.6) is 0 Å². The molecule has 1 N–H and O–H groups in total. The SMILES string of the molecule is Fc1cc(Br)ccc1I.O=C(O)c1ccccc1F. The van der Waals surface area contributed by atoms with E-state index in [0.717, 1.165) is 10.5 Å². The molecular formula is C13H8BrF2IO2. The third-order valence-electron chi connectivity index (χ3n) is 1.99. The molecule has 6 heteroatoms. The largest absolute Gasteiger partial charge is 0.478 e. The topological polar surface area (TPSA) is 37.3 Å². The molecule has 0 aromatic heterocycles. The van der Waals surface area contributed by atoms with Crippen molar-refractivity contribution in [3.05, 3.63) is 67.7 Å². The Hall–Kier alpha value is -1.02. The van der Waals surface area contributed by atoms with Crippen LogP contribution in [0.2, 0.25) is 0 Å². The van der Waals surface area contributed by atoms with Gasteiger partial charge in [-0.15, -0.1) is 0 Å². The van der Waals surface area contributed by atoms with Gasteiger partial charge in [-0.25, -0.2) is 13.6 Å². The van der Waals surface area contributed by atoms with E-state index < -0.39 is 11.8 Å². The van der Waals surface area contributed by atoms with Crippen LogP contribution in [0.15, 0.2) is 46.9 Å². The lowest BCUT2D eigenvalue weighted by molar-refractivity contribution is 0.0692. The first-order valence-corrected chi connectivity index (χ1v) is 6.87. The molecule has 0 aliphatic rings. The van der Waals surface area contributed by atoms with Gasteiger partial charge in [-0.3, -0.25) is 0 Å². The van der Waals surface area contributed by atoms with Gasteiger partial charge in [-0.2, -0.15) is 0 Å². The zero-order valence-electron chi connectivity index (χ0n) is 9.41. The maximum absolute atomic E-state index is 12.5. The van der Waals surface area contributed by atoms with Crippen LogP contribution in [0, 0.1) is 15.2 Å². The maximum atomic E-state index is 12.5. The third-order valence-corrected chi connectivity index (χ3v) is 3.35. The smallest absolute Gasteiger partial charge is 0.338 e. The summed E-state index contributed by atoms with van der Waals surface area (Å²) in [6.45, 7) is 0. The van der Waals surface area contributed by atoms with Crippen molar-refractivity contribution in [3.63, 3.8) is 0 Å². The minimum atomic E-state index is -1.24. The van der Waals surface area contributed by atoms with Gasteiger partial charge in [0.1, 0.15) is 11.6 Å². The second-order valence-electron chi connectivity index (χ2n) is 3.34. The van der Waals surface area contributed by atoms with Gasteiger partial charge < -0.3 is 5.11 Å². The van der Waals surface area contributed by atoms with Crippen molar-refractivity contribution in [2.75, 3.05) is 0 Å². The molecule has 0 radical (unpaired) electrons. The first kappa shape index (κ1) is 16.0. The minimum absolute atomic E-state index is 0.176.